The highest BCUT2D eigenvalue weighted by atomic mass is 16.5. The van der Waals surface area contributed by atoms with Gasteiger partial charge in [-0.05, 0) is 62.5 Å². The summed E-state index contributed by atoms with van der Waals surface area (Å²) >= 11 is 0. The molecule has 0 aliphatic carbocycles. The van der Waals surface area contributed by atoms with E-state index in [1.165, 1.54) is 44.1 Å². The quantitative estimate of drug-likeness (QED) is 0.395. The largest absolute Gasteiger partial charge is 0.494 e. The van der Waals surface area contributed by atoms with Crippen molar-refractivity contribution in [2.45, 2.75) is 76.7 Å². The van der Waals surface area contributed by atoms with Crippen LogP contribution in [0.3, 0.4) is 0 Å². The molecule has 0 amide bonds. The van der Waals surface area contributed by atoms with Gasteiger partial charge in [0.1, 0.15) is 5.75 Å². The van der Waals surface area contributed by atoms with Crippen molar-refractivity contribution in [1.29, 1.82) is 0 Å². The van der Waals surface area contributed by atoms with Gasteiger partial charge < -0.3 is 14.7 Å². The standard InChI is InChI=1S/C28H41NO2/c1-3-5-6-11-20-28(30,25-16-18-26(19-17-25)31-4-2)27(24-14-9-7-10-15-24)23-29-21-12-8-13-22-29/h7,9-10,14-19,27,30H,3-6,8,11-13,20-23H2,1-2H3. The van der Waals surface area contributed by atoms with E-state index in [4.69, 9.17) is 4.74 Å². The summed E-state index contributed by atoms with van der Waals surface area (Å²) in [5.41, 5.74) is 1.36. The Morgan fingerprint density at radius 2 is 1.61 bits per heavy atom. The van der Waals surface area contributed by atoms with Crippen molar-refractivity contribution < 1.29 is 9.84 Å². The zero-order valence-corrected chi connectivity index (χ0v) is 19.6. The third kappa shape index (κ3) is 6.57. The Morgan fingerprint density at radius 1 is 0.903 bits per heavy atom. The topological polar surface area (TPSA) is 32.7 Å². The predicted molar refractivity (Wildman–Crippen MR) is 130 cm³/mol. The van der Waals surface area contributed by atoms with Gasteiger partial charge in [0.15, 0.2) is 0 Å². The number of hydrogen-bond acceptors (Lipinski definition) is 3. The Bertz CT molecular complexity index is 739. The van der Waals surface area contributed by atoms with Gasteiger partial charge in [0.25, 0.3) is 0 Å². The lowest BCUT2D eigenvalue weighted by molar-refractivity contribution is -0.0167. The number of likely N-dealkylation sites (tertiary alicyclic amines) is 1. The highest BCUT2D eigenvalue weighted by Gasteiger charge is 2.40. The number of piperidine rings is 1. The van der Waals surface area contributed by atoms with Gasteiger partial charge in [-0.25, -0.2) is 0 Å². The molecule has 1 N–H and O–H groups in total. The van der Waals surface area contributed by atoms with Crippen LogP contribution in [0.25, 0.3) is 0 Å². The lowest BCUT2D eigenvalue weighted by Gasteiger charge is -2.41. The lowest BCUT2D eigenvalue weighted by atomic mass is 9.73. The molecule has 3 heteroatoms. The van der Waals surface area contributed by atoms with E-state index in [-0.39, 0.29) is 5.92 Å². The molecule has 170 valence electrons. The second-order valence-electron chi connectivity index (χ2n) is 9.02. The number of aliphatic hydroxyl groups is 1. The minimum Gasteiger partial charge on any atom is -0.494 e. The van der Waals surface area contributed by atoms with E-state index in [2.05, 4.69) is 54.3 Å². The van der Waals surface area contributed by atoms with Crippen LogP contribution in [0.4, 0.5) is 0 Å². The SMILES string of the molecule is CCCCCCC(O)(c1ccc(OCC)cc1)C(CN1CCCCC1)c1ccccc1. The number of benzene rings is 2. The van der Waals surface area contributed by atoms with Crippen molar-refractivity contribution in [2.24, 2.45) is 0 Å². The molecule has 0 saturated carbocycles. The zero-order chi connectivity index (χ0) is 21.9. The molecule has 0 aromatic heterocycles. The molecule has 2 atom stereocenters. The molecule has 1 saturated heterocycles. The van der Waals surface area contributed by atoms with Gasteiger partial charge in [-0.2, -0.15) is 0 Å². The van der Waals surface area contributed by atoms with Crippen LogP contribution in [0.1, 0.15) is 82.3 Å². The normalized spacial score (nSPS) is 17.8. The van der Waals surface area contributed by atoms with Gasteiger partial charge in [-0.3, -0.25) is 0 Å². The summed E-state index contributed by atoms with van der Waals surface area (Å²) in [5.74, 6) is 0.915. The van der Waals surface area contributed by atoms with Gasteiger partial charge >= 0.3 is 0 Å². The Labute approximate surface area is 189 Å². The average molecular weight is 424 g/mol. The van der Waals surface area contributed by atoms with Crippen molar-refractivity contribution in [3.8, 4) is 5.75 Å². The van der Waals surface area contributed by atoms with Crippen LogP contribution < -0.4 is 4.74 Å². The Balaban J connectivity index is 1.94. The summed E-state index contributed by atoms with van der Waals surface area (Å²) in [4.78, 5) is 2.56. The first-order valence-electron chi connectivity index (χ1n) is 12.4. The second kappa shape index (κ2) is 12.3. The fourth-order valence-electron chi connectivity index (χ4n) is 4.97. The number of unbranched alkanes of at least 4 members (excludes halogenated alkanes) is 3. The third-order valence-electron chi connectivity index (χ3n) is 6.74. The van der Waals surface area contributed by atoms with Gasteiger partial charge in [0.2, 0.25) is 0 Å². The Kier molecular flexibility index (Phi) is 9.42. The molecule has 3 nitrogen and oxygen atoms in total. The van der Waals surface area contributed by atoms with Gasteiger partial charge in [0, 0.05) is 12.5 Å². The summed E-state index contributed by atoms with van der Waals surface area (Å²) in [5, 5.41) is 12.4. The van der Waals surface area contributed by atoms with Crippen LogP contribution in [0, 0.1) is 0 Å². The maximum Gasteiger partial charge on any atom is 0.119 e. The molecule has 1 heterocycles. The fourth-order valence-corrected chi connectivity index (χ4v) is 4.97. The molecule has 0 radical (unpaired) electrons. The molecule has 1 aliphatic rings. The van der Waals surface area contributed by atoms with Crippen LogP contribution in [0.2, 0.25) is 0 Å². The molecule has 3 rings (SSSR count). The molecule has 0 spiro atoms. The molecule has 2 aromatic carbocycles. The van der Waals surface area contributed by atoms with Crippen LogP contribution in [0.15, 0.2) is 54.6 Å². The number of hydrogen-bond donors (Lipinski definition) is 1. The van der Waals surface area contributed by atoms with Crippen molar-refractivity contribution >= 4 is 0 Å². The molecular formula is C28H41NO2. The van der Waals surface area contributed by atoms with Crippen molar-refractivity contribution in [2.75, 3.05) is 26.2 Å². The molecule has 1 aliphatic heterocycles. The van der Waals surface area contributed by atoms with Crippen molar-refractivity contribution in [3.05, 3.63) is 65.7 Å². The highest BCUT2D eigenvalue weighted by Crippen LogP contribution is 2.42. The maximum absolute atomic E-state index is 12.4. The average Bonchev–Trinajstić information content (AvgIpc) is 2.82. The first-order chi connectivity index (χ1) is 15.2. The van der Waals surface area contributed by atoms with Gasteiger partial charge in [-0.1, -0.05) is 81.5 Å². The molecular weight excluding hydrogens is 382 g/mol. The van der Waals surface area contributed by atoms with E-state index in [0.717, 1.165) is 43.8 Å². The Hall–Kier alpha value is -1.84. The lowest BCUT2D eigenvalue weighted by Crippen LogP contribution is -2.42. The first kappa shape index (κ1) is 23.8. The zero-order valence-electron chi connectivity index (χ0n) is 19.6. The smallest absolute Gasteiger partial charge is 0.119 e. The third-order valence-corrected chi connectivity index (χ3v) is 6.74. The molecule has 0 bridgehead atoms. The summed E-state index contributed by atoms with van der Waals surface area (Å²) < 4.78 is 5.66. The van der Waals surface area contributed by atoms with Crippen LogP contribution in [-0.2, 0) is 5.60 Å². The van der Waals surface area contributed by atoms with E-state index in [0.29, 0.717) is 6.61 Å². The van der Waals surface area contributed by atoms with Crippen LogP contribution >= 0.6 is 0 Å². The predicted octanol–water partition coefficient (Wildman–Crippen LogP) is 6.51. The summed E-state index contributed by atoms with van der Waals surface area (Å²) in [6.07, 6.45) is 9.28. The van der Waals surface area contributed by atoms with Crippen molar-refractivity contribution in [1.82, 2.24) is 4.90 Å². The van der Waals surface area contributed by atoms with E-state index in [9.17, 15) is 5.11 Å². The van der Waals surface area contributed by atoms with Crippen molar-refractivity contribution in [3.63, 3.8) is 0 Å². The molecule has 2 aromatic rings. The first-order valence-corrected chi connectivity index (χ1v) is 12.4. The van der Waals surface area contributed by atoms with Gasteiger partial charge in [0.05, 0.1) is 12.2 Å². The summed E-state index contributed by atoms with van der Waals surface area (Å²) in [6, 6.07) is 18.9. The highest BCUT2D eigenvalue weighted by molar-refractivity contribution is 5.35. The molecule has 1 fully saturated rings. The number of rotatable bonds is 12. The van der Waals surface area contributed by atoms with Crippen LogP contribution in [0.5, 0.6) is 5.75 Å². The maximum atomic E-state index is 12.4. The Morgan fingerprint density at radius 3 is 2.26 bits per heavy atom. The van der Waals surface area contributed by atoms with E-state index < -0.39 is 5.60 Å². The van der Waals surface area contributed by atoms with E-state index in [1.807, 2.05) is 19.1 Å². The summed E-state index contributed by atoms with van der Waals surface area (Å²) in [6.45, 7) is 8.07. The minimum absolute atomic E-state index is 0.0476. The second-order valence-corrected chi connectivity index (χ2v) is 9.02. The minimum atomic E-state index is -0.892. The van der Waals surface area contributed by atoms with E-state index in [1.54, 1.807) is 0 Å². The monoisotopic (exact) mass is 423 g/mol. The number of nitrogens with zero attached hydrogens (tertiary/aromatic N) is 1. The molecule has 2 unspecified atom stereocenters. The van der Waals surface area contributed by atoms with Gasteiger partial charge in [-0.15, -0.1) is 0 Å². The molecule has 31 heavy (non-hydrogen) atoms. The number of ether oxygens (including phenoxy) is 1. The van der Waals surface area contributed by atoms with Crippen LogP contribution in [-0.4, -0.2) is 36.2 Å². The fraction of sp³-hybridized carbons (Fsp3) is 0.571. The summed E-state index contributed by atoms with van der Waals surface area (Å²) in [7, 11) is 0. The van der Waals surface area contributed by atoms with E-state index >= 15 is 0 Å².